The number of nitrogens with zero attached hydrogens (tertiary/aromatic N) is 1. The summed E-state index contributed by atoms with van der Waals surface area (Å²) in [5.41, 5.74) is 1.93. The van der Waals surface area contributed by atoms with E-state index in [1.807, 2.05) is 23.1 Å². The highest BCUT2D eigenvalue weighted by atomic mass is 16.2. The molecule has 2 nitrogen and oxygen atoms in total. The highest BCUT2D eigenvalue weighted by Gasteiger charge is 2.28. The van der Waals surface area contributed by atoms with Crippen molar-refractivity contribution in [2.75, 3.05) is 11.4 Å². The molecule has 2 aromatic carbocycles. The summed E-state index contributed by atoms with van der Waals surface area (Å²) in [6.45, 7) is 5.19. The van der Waals surface area contributed by atoms with Crippen LogP contribution in [0, 0.1) is 5.92 Å². The summed E-state index contributed by atoms with van der Waals surface area (Å²) in [6.07, 6.45) is 1.04. The lowest BCUT2D eigenvalue weighted by Gasteiger charge is -2.18. The molecule has 1 aliphatic rings. The molecule has 1 aliphatic heterocycles. The molecule has 92 valence electrons. The number of anilines is 1. The quantitative estimate of drug-likeness (QED) is 0.796. The van der Waals surface area contributed by atoms with Gasteiger partial charge >= 0.3 is 0 Å². The van der Waals surface area contributed by atoms with E-state index in [0.29, 0.717) is 5.92 Å². The lowest BCUT2D eigenvalue weighted by molar-refractivity contribution is 0.0992. The van der Waals surface area contributed by atoms with Crippen molar-refractivity contribution in [3.8, 4) is 0 Å². The molecule has 1 heterocycles. The highest BCUT2D eigenvalue weighted by Crippen LogP contribution is 2.37. The van der Waals surface area contributed by atoms with Crippen LogP contribution in [0.2, 0.25) is 0 Å². The first kappa shape index (κ1) is 11.3. The van der Waals surface area contributed by atoms with Crippen LogP contribution < -0.4 is 4.90 Å². The topological polar surface area (TPSA) is 20.3 Å². The normalized spacial score (nSPS) is 13.9. The van der Waals surface area contributed by atoms with E-state index >= 15 is 0 Å². The summed E-state index contributed by atoms with van der Waals surface area (Å²) in [6, 6.07) is 12.1. The molecule has 0 aliphatic carbocycles. The van der Waals surface area contributed by atoms with Crippen LogP contribution >= 0.6 is 0 Å². The molecule has 0 unspecified atom stereocenters. The molecule has 0 N–H and O–H groups in total. The lowest BCUT2D eigenvalue weighted by Crippen LogP contribution is -2.28. The van der Waals surface area contributed by atoms with Crippen molar-refractivity contribution in [3.63, 3.8) is 0 Å². The van der Waals surface area contributed by atoms with Gasteiger partial charge < -0.3 is 4.90 Å². The van der Waals surface area contributed by atoms with Crippen LogP contribution in [0.1, 0.15) is 30.6 Å². The zero-order chi connectivity index (χ0) is 12.7. The van der Waals surface area contributed by atoms with Crippen LogP contribution in [0.15, 0.2) is 36.4 Å². The Morgan fingerprint density at radius 2 is 1.83 bits per heavy atom. The molecule has 2 heteroatoms. The summed E-state index contributed by atoms with van der Waals surface area (Å²) < 4.78 is 0. The summed E-state index contributed by atoms with van der Waals surface area (Å²) in [5, 5.41) is 2.28. The minimum atomic E-state index is 0.155. The summed E-state index contributed by atoms with van der Waals surface area (Å²) in [4.78, 5) is 14.3. The third-order valence-corrected chi connectivity index (χ3v) is 3.58. The predicted molar refractivity (Wildman–Crippen MR) is 75.1 cm³/mol. The van der Waals surface area contributed by atoms with Crippen molar-refractivity contribution in [1.82, 2.24) is 0 Å². The Bertz CT molecular complexity index is 610. The van der Waals surface area contributed by atoms with Crippen LogP contribution in [0.25, 0.3) is 10.8 Å². The van der Waals surface area contributed by atoms with Crippen molar-refractivity contribution in [3.05, 3.63) is 42.0 Å². The Morgan fingerprint density at radius 1 is 1.11 bits per heavy atom. The van der Waals surface area contributed by atoms with Gasteiger partial charge in [0, 0.05) is 17.5 Å². The minimum absolute atomic E-state index is 0.155. The first-order valence-corrected chi connectivity index (χ1v) is 6.52. The van der Waals surface area contributed by atoms with Crippen molar-refractivity contribution < 1.29 is 4.79 Å². The second-order valence-electron chi connectivity index (χ2n) is 5.32. The molecule has 0 fully saturated rings. The fourth-order valence-electron chi connectivity index (χ4n) is 2.59. The molecule has 0 radical (unpaired) electrons. The average molecular weight is 239 g/mol. The van der Waals surface area contributed by atoms with E-state index < -0.39 is 0 Å². The third kappa shape index (κ3) is 1.60. The largest absolute Gasteiger partial charge is 0.308 e. The van der Waals surface area contributed by atoms with Gasteiger partial charge in [0.15, 0.2) is 0 Å². The fourth-order valence-corrected chi connectivity index (χ4v) is 2.59. The van der Waals surface area contributed by atoms with Crippen LogP contribution in [-0.2, 0) is 0 Å². The molecule has 18 heavy (non-hydrogen) atoms. The fraction of sp³-hybridized carbons (Fsp3) is 0.312. The van der Waals surface area contributed by atoms with E-state index in [2.05, 4.69) is 32.0 Å². The smallest absolute Gasteiger partial charge is 0.258 e. The van der Waals surface area contributed by atoms with E-state index in [4.69, 9.17) is 0 Å². The second kappa shape index (κ2) is 4.13. The number of carbonyl (C=O) groups excluding carboxylic acids is 1. The first-order chi connectivity index (χ1) is 8.68. The summed E-state index contributed by atoms with van der Waals surface area (Å²) in [7, 11) is 0. The predicted octanol–water partition coefficient (Wildman–Crippen LogP) is 3.85. The Hall–Kier alpha value is -1.83. The molecule has 0 saturated carbocycles. The van der Waals surface area contributed by atoms with Crippen molar-refractivity contribution >= 4 is 22.4 Å². The van der Waals surface area contributed by atoms with Gasteiger partial charge in [0.25, 0.3) is 5.91 Å². The van der Waals surface area contributed by atoms with Crippen LogP contribution in [-0.4, -0.2) is 12.5 Å². The number of rotatable bonds is 3. The molecule has 0 bridgehead atoms. The third-order valence-electron chi connectivity index (χ3n) is 3.58. The molecular weight excluding hydrogens is 222 g/mol. The zero-order valence-electron chi connectivity index (χ0n) is 10.8. The van der Waals surface area contributed by atoms with Gasteiger partial charge in [-0.1, -0.05) is 38.1 Å². The van der Waals surface area contributed by atoms with Gasteiger partial charge in [-0.05, 0) is 29.9 Å². The van der Waals surface area contributed by atoms with Gasteiger partial charge in [0.1, 0.15) is 0 Å². The number of benzene rings is 2. The van der Waals surface area contributed by atoms with Crippen molar-refractivity contribution in [2.45, 2.75) is 20.3 Å². The van der Waals surface area contributed by atoms with E-state index in [1.165, 1.54) is 0 Å². The van der Waals surface area contributed by atoms with Crippen LogP contribution in [0.4, 0.5) is 5.69 Å². The van der Waals surface area contributed by atoms with E-state index in [9.17, 15) is 4.79 Å². The van der Waals surface area contributed by atoms with E-state index in [1.54, 1.807) is 0 Å². The van der Waals surface area contributed by atoms with Gasteiger partial charge in [0.2, 0.25) is 0 Å². The van der Waals surface area contributed by atoms with Gasteiger partial charge in [-0.25, -0.2) is 0 Å². The second-order valence-corrected chi connectivity index (χ2v) is 5.32. The highest BCUT2D eigenvalue weighted by molar-refractivity contribution is 6.24. The number of hydrogen-bond acceptors (Lipinski definition) is 1. The monoisotopic (exact) mass is 239 g/mol. The first-order valence-electron chi connectivity index (χ1n) is 6.52. The molecule has 0 aromatic heterocycles. The molecule has 0 saturated heterocycles. The Labute approximate surface area is 107 Å². The van der Waals surface area contributed by atoms with Gasteiger partial charge in [0.05, 0.1) is 5.69 Å². The maximum absolute atomic E-state index is 12.4. The Kier molecular flexibility index (Phi) is 2.58. The molecule has 2 aromatic rings. The Morgan fingerprint density at radius 3 is 2.56 bits per heavy atom. The molecular formula is C16H17NO. The van der Waals surface area contributed by atoms with Gasteiger partial charge in [-0.3, -0.25) is 4.79 Å². The lowest BCUT2D eigenvalue weighted by atomic mass is 10.1. The molecule has 0 atom stereocenters. The summed E-state index contributed by atoms with van der Waals surface area (Å²) >= 11 is 0. The minimum Gasteiger partial charge on any atom is -0.308 e. The van der Waals surface area contributed by atoms with E-state index in [-0.39, 0.29) is 5.91 Å². The van der Waals surface area contributed by atoms with Gasteiger partial charge in [-0.2, -0.15) is 0 Å². The van der Waals surface area contributed by atoms with Crippen LogP contribution in [0.5, 0.6) is 0 Å². The Balaban J connectivity index is 2.08. The molecule has 0 spiro atoms. The van der Waals surface area contributed by atoms with Crippen molar-refractivity contribution in [2.24, 2.45) is 5.92 Å². The molecule has 1 amide bonds. The molecule has 3 rings (SSSR count). The maximum atomic E-state index is 12.4. The standard InChI is InChI=1S/C16H17NO/c1-11(2)9-10-17-14-8-4-6-12-5-3-7-13(15(12)14)16(17)18/h3-8,11H,9-10H2,1-2H3. The van der Waals surface area contributed by atoms with Crippen molar-refractivity contribution in [1.29, 1.82) is 0 Å². The average Bonchev–Trinajstić information content (AvgIpc) is 2.63. The zero-order valence-corrected chi connectivity index (χ0v) is 10.8. The number of hydrogen-bond donors (Lipinski definition) is 0. The number of carbonyl (C=O) groups is 1. The number of amides is 1. The SMILES string of the molecule is CC(C)CCN1C(=O)c2cccc3cccc1c23. The van der Waals surface area contributed by atoms with Gasteiger partial charge in [-0.15, -0.1) is 0 Å². The summed E-state index contributed by atoms with van der Waals surface area (Å²) in [5.74, 6) is 0.767. The van der Waals surface area contributed by atoms with E-state index in [0.717, 1.165) is 35.0 Å². The van der Waals surface area contributed by atoms with Crippen LogP contribution in [0.3, 0.4) is 0 Å². The maximum Gasteiger partial charge on any atom is 0.258 e.